The predicted octanol–water partition coefficient (Wildman–Crippen LogP) is 4.94. The molecular formula is C27H30F2N2O2. The maximum Gasteiger partial charge on any atom is 0.216 e. The van der Waals surface area contributed by atoms with Gasteiger partial charge in [-0.1, -0.05) is 26.3 Å². The Morgan fingerprint density at radius 1 is 1.27 bits per heavy atom. The van der Waals surface area contributed by atoms with Crippen molar-refractivity contribution in [3.63, 3.8) is 0 Å². The van der Waals surface area contributed by atoms with E-state index in [0.29, 0.717) is 34.6 Å². The molecule has 1 aromatic carbocycles. The van der Waals surface area contributed by atoms with Gasteiger partial charge in [0.25, 0.3) is 0 Å². The Kier molecular flexibility index (Phi) is 5.25. The molecule has 3 aliphatic rings. The van der Waals surface area contributed by atoms with Crippen molar-refractivity contribution in [2.24, 2.45) is 23.2 Å². The molecule has 3 unspecified atom stereocenters. The van der Waals surface area contributed by atoms with Gasteiger partial charge in [-0.2, -0.15) is 9.99 Å². The Morgan fingerprint density at radius 3 is 2.76 bits per heavy atom. The fourth-order valence-corrected chi connectivity index (χ4v) is 7.74. The van der Waals surface area contributed by atoms with Crippen LogP contribution in [0.15, 0.2) is 30.6 Å². The van der Waals surface area contributed by atoms with Gasteiger partial charge in [-0.15, -0.1) is 0 Å². The van der Waals surface area contributed by atoms with Crippen LogP contribution in [0.3, 0.4) is 0 Å². The lowest BCUT2D eigenvalue weighted by Crippen LogP contribution is -2.54. The summed E-state index contributed by atoms with van der Waals surface area (Å²) in [4.78, 5) is 0. The molecule has 0 aliphatic heterocycles. The number of hydrogen-bond donors (Lipinski definition) is 1. The number of nitriles is 1. The average Bonchev–Trinajstić information content (AvgIpc) is 3.05. The van der Waals surface area contributed by atoms with Gasteiger partial charge in [-0.05, 0) is 73.0 Å². The zero-order valence-corrected chi connectivity index (χ0v) is 19.2. The highest BCUT2D eigenvalue weighted by Gasteiger charge is 2.63. The Balaban J connectivity index is 1.52. The van der Waals surface area contributed by atoms with Crippen molar-refractivity contribution >= 4 is 0 Å². The Morgan fingerprint density at radius 2 is 2.06 bits per heavy atom. The number of rotatable bonds is 3. The molecule has 0 bridgehead atoms. The highest BCUT2D eigenvalue weighted by Crippen LogP contribution is 2.67. The number of hydrogen-bond acceptors (Lipinski definition) is 3. The molecule has 0 radical (unpaired) electrons. The monoisotopic (exact) mass is 452 g/mol. The SMILES string of the molecule is CC[C@H]1C[C@@]2(C)C(CC[C@@]2(O)Cc2cc[n+]([O-])cc2F)C2CCc3c(ccc(C#N)c3F)C21. The van der Waals surface area contributed by atoms with Gasteiger partial charge in [0, 0.05) is 23.5 Å². The summed E-state index contributed by atoms with van der Waals surface area (Å²) >= 11 is 0. The zero-order valence-electron chi connectivity index (χ0n) is 19.2. The molecule has 1 aromatic heterocycles. The van der Waals surface area contributed by atoms with E-state index in [9.17, 15) is 24.4 Å². The van der Waals surface area contributed by atoms with Crippen molar-refractivity contribution in [3.8, 4) is 6.07 Å². The Hall–Kier alpha value is -2.52. The van der Waals surface area contributed by atoms with Crippen LogP contribution in [0.4, 0.5) is 8.78 Å². The number of benzene rings is 1. The molecule has 2 fully saturated rings. The van der Waals surface area contributed by atoms with Crippen LogP contribution in [-0.4, -0.2) is 10.7 Å². The molecule has 1 N–H and O–H groups in total. The van der Waals surface area contributed by atoms with E-state index in [-0.39, 0.29) is 41.0 Å². The lowest BCUT2D eigenvalue weighted by Gasteiger charge is -2.56. The minimum absolute atomic E-state index is 0.112. The number of fused-ring (bicyclic) bond motifs is 5. The molecule has 1 heterocycles. The second-order valence-corrected chi connectivity index (χ2v) is 10.7. The largest absolute Gasteiger partial charge is 0.619 e. The van der Waals surface area contributed by atoms with Crippen molar-refractivity contribution in [1.82, 2.24) is 0 Å². The molecule has 3 aliphatic carbocycles. The topological polar surface area (TPSA) is 71.0 Å². The first-order valence-corrected chi connectivity index (χ1v) is 12.0. The summed E-state index contributed by atoms with van der Waals surface area (Å²) in [6.07, 6.45) is 6.99. The first-order chi connectivity index (χ1) is 15.7. The van der Waals surface area contributed by atoms with Crippen LogP contribution in [0.25, 0.3) is 0 Å². The summed E-state index contributed by atoms with van der Waals surface area (Å²) in [5.41, 5.74) is 0.793. The van der Waals surface area contributed by atoms with E-state index in [0.717, 1.165) is 37.4 Å². The van der Waals surface area contributed by atoms with Crippen molar-refractivity contribution in [2.75, 3.05) is 0 Å². The van der Waals surface area contributed by atoms with Gasteiger partial charge in [0.05, 0.1) is 11.2 Å². The van der Waals surface area contributed by atoms with Crippen molar-refractivity contribution in [3.05, 3.63) is 69.7 Å². The maximum absolute atomic E-state index is 15.0. The van der Waals surface area contributed by atoms with Gasteiger partial charge >= 0.3 is 0 Å². The third-order valence-corrected chi connectivity index (χ3v) is 9.39. The van der Waals surface area contributed by atoms with Crippen molar-refractivity contribution < 1.29 is 18.6 Å². The minimum Gasteiger partial charge on any atom is -0.619 e. The smallest absolute Gasteiger partial charge is 0.216 e. The number of nitrogens with zero attached hydrogens (tertiary/aromatic N) is 2. The normalized spacial score (nSPS) is 34.8. The van der Waals surface area contributed by atoms with E-state index in [1.54, 1.807) is 6.07 Å². The van der Waals surface area contributed by atoms with Gasteiger partial charge in [-0.3, -0.25) is 0 Å². The fourth-order valence-electron chi connectivity index (χ4n) is 7.74. The lowest BCUT2D eigenvalue weighted by atomic mass is 9.49. The van der Waals surface area contributed by atoms with Gasteiger partial charge in [0.15, 0.2) is 12.0 Å². The summed E-state index contributed by atoms with van der Waals surface area (Å²) in [6, 6.07) is 7.02. The van der Waals surface area contributed by atoms with Crippen LogP contribution in [0.1, 0.15) is 74.1 Å². The molecule has 0 saturated heterocycles. The van der Waals surface area contributed by atoms with Gasteiger partial charge in [0.1, 0.15) is 11.9 Å². The molecule has 6 atom stereocenters. The lowest BCUT2D eigenvalue weighted by molar-refractivity contribution is -0.607. The van der Waals surface area contributed by atoms with Crippen LogP contribution >= 0.6 is 0 Å². The highest BCUT2D eigenvalue weighted by atomic mass is 19.1. The molecular weight excluding hydrogens is 422 g/mol. The quantitative estimate of drug-likeness (QED) is 0.530. The third kappa shape index (κ3) is 3.19. The molecule has 5 rings (SSSR count). The number of halogens is 2. The summed E-state index contributed by atoms with van der Waals surface area (Å²) in [7, 11) is 0. The molecule has 0 spiro atoms. The first-order valence-electron chi connectivity index (χ1n) is 12.0. The summed E-state index contributed by atoms with van der Waals surface area (Å²) in [5.74, 6) is 0.134. The zero-order chi connectivity index (χ0) is 23.5. The van der Waals surface area contributed by atoms with Crippen LogP contribution in [-0.2, 0) is 12.8 Å². The summed E-state index contributed by atoms with van der Waals surface area (Å²) in [6.45, 7) is 4.31. The number of pyridine rings is 1. The van der Waals surface area contributed by atoms with E-state index >= 15 is 0 Å². The molecule has 2 aromatic rings. The second-order valence-electron chi connectivity index (χ2n) is 10.7. The van der Waals surface area contributed by atoms with Crippen LogP contribution in [0.2, 0.25) is 0 Å². The Labute approximate surface area is 193 Å². The van der Waals surface area contributed by atoms with Gasteiger partial charge < -0.3 is 10.3 Å². The minimum atomic E-state index is -1.05. The van der Waals surface area contributed by atoms with Crippen molar-refractivity contribution in [2.45, 2.75) is 70.3 Å². The van der Waals surface area contributed by atoms with E-state index in [1.165, 1.54) is 12.3 Å². The predicted molar refractivity (Wildman–Crippen MR) is 119 cm³/mol. The summed E-state index contributed by atoms with van der Waals surface area (Å²) < 4.78 is 29.9. The number of aromatic nitrogens is 1. The standard InChI is InChI=1S/C27H30F2N2O2/c1-3-16-12-26(2)22(8-10-27(26,32)13-17-9-11-31(33)15-23(17)28)21-7-6-20-19(24(16)21)5-4-18(14-30)25(20)29/h4-5,9,11,15-16,21-22,24,32H,3,6-8,10,12-13H2,1-2H3/t16-,21?,22?,24?,26-,27+/m0/s1. The van der Waals surface area contributed by atoms with E-state index in [1.807, 2.05) is 12.1 Å². The van der Waals surface area contributed by atoms with E-state index in [4.69, 9.17) is 0 Å². The van der Waals surface area contributed by atoms with E-state index in [2.05, 4.69) is 13.8 Å². The van der Waals surface area contributed by atoms with Crippen LogP contribution in [0, 0.1) is 51.3 Å². The van der Waals surface area contributed by atoms with Gasteiger partial charge in [-0.25, -0.2) is 8.78 Å². The number of aliphatic hydroxyl groups is 1. The van der Waals surface area contributed by atoms with E-state index < -0.39 is 11.4 Å². The third-order valence-electron chi connectivity index (χ3n) is 9.39. The molecule has 4 nitrogen and oxygen atoms in total. The van der Waals surface area contributed by atoms with Crippen molar-refractivity contribution in [1.29, 1.82) is 5.26 Å². The average molecular weight is 453 g/mol. The second kappa shape index (κ2) is 7.77. The summed E-state index contributed by atoms with van der Waals surface area (Å²) in [5, 5.41) is 32.6. The Bertz CT molecular complexity index is 1150. The highest BCUT2D eigenvalue weighted by molar-refractivity contribution is 5.44. The fraction of sp³-hybridized carbons (Fsp3) is 0.556. The molecule has 2 saturated carbocycles. The molecule has 6 heteroatoms. The maximum atomic E-state index is 15.0. The van der Waals surface area contributed by atoms with Crippen LogP contribution < -0.4 is 4.73 Å². The van der Waals surface area contributed by atoms with Gasteiger partial charge in [0.2, 0.25) is 6.20 Å². The molecule has 0 amide bonds. The molecule has 174 valence electrons. The van der Waals surface area contributed by atoms with Crippen LogP contribution in [0.5, 0.6) is 0 Å². The molecule has 33 heavy (non-hydrogen) atoms. The first kappa shape index (κ1) is 22.3.